The Labute approximate surface area is 114 Å². The maximum Gasteiger partial charge on any atom is 0.138 e. The van der Waals surface area contributed by atoms with Crippen molar-refractivity contribution in [1.82, 2.24) is 19.8 Å². The van der Waals surface area contributed by atoms with Gasteiger partial charge in [-0.15, -0.1) is 0 Å². The molecule has 3 rings (SSSR count). The Kier molecular flexibility index (Phi) is 3.22. The van der Waals surface area contributed by atoms with E-state index in [0.717, 1.165) is 36.3 Å². The zero-order chi connectivity index (χ0) is 12.5. The zero-order valence-corrected chi connectivity index (χ0v) is 11.8. The van der Waals surface area contributed by atoms with Crippen LogP contribution in [0.4, 0.5) is 0 Å². The second-order valence-electron chi connectivity index (χ2n) is 4.72. The molecule has 1 saturated heterocycles. The van der Waals surface area contributed by atoms with E-state index in [1.807, 2.05) is 30.2 Å². The van der Waals surface area contributed by atoms with Gasteiger partial charge in [0.1, 0.15) is 5.76 Å². The summed E-state index contributed by atoms with van der Waals surface area (Å²) in [6.45, 7) is 4.99. The van der Waals surface area contributed by atoms with Crippen molar-refractivity contribution < 1.29 is 4.52 Å². The minimum atomic E-state index is 0.469. The molecule has 0 aromatic carbocycles. The van der Waals surface area contributed by atoms with E-state index in [-0.39, 0.29) is 0 Å². The summed E-state index contributed by atoms with van der Waals surface area (Å²) >= 11 is 3.43. The molecule has 1 aliphatic rings. The zero-order valence-electron chi connectivity index (χ0n) is 10.2. The number of hydrogen-bond acceptors (Lipinski definition) is 4. The first-order valence-electron chi connectivity index (χ1n) is 6.04. The maximum absolute atomic E-state index is 5.09. The quantitative estimate of drug-likeness (QED) is 0.873. The molecule has 1 fully saturated rings. The van der Waals surface area contributed by atoms with Crippen LogP contribution in [0.1, 0.15) is 23.8 Å². The van der Waals surface area contributed by atoms with Crippen LogP contribution in [0.15, 0.2) is 27.6 Å². The second-order valence-corrected chi connectivity index (χ2v) is 5.64. The normalized spacial score (nSPS) is 20.7. The average Bonchev–Trinajstić information content (AvgIpc) is 3.03. The van der Waals surface area contributed by atoms with Crippen molar-refractivity contribution in [2.24, 2.45) is 0 Å². The van der Waals surface area contributed by atoms with Gasteiger partial charge in [-0.2, -0.15) is 5.10 Å². The summed E-state index contributed by atoms with van der Waals surface area (Å²) < 4.78 is 8.17. The predicted octanol–water partition coefficient (Wildman–Crippen LogP) is 2.39. The van der Waals surface area contributed by atoms with Gasteiger partial charge in [-0.05, 0) is 29.3 Å². The predicted molar refractivity (Wildman–Crippen MR) is 70.1 cm³/mol. The minimum Gasteiger partial charge on any atom is -0.361 e. The largest absolute Gasteiger partial charge is 0.361 e. The van der Waals surface area contributed by atoms with Gasteiger partial charge in [0.15, 0.2) is 0 Å². The lowest BCUT2D eigenvalue weighted by Gasteiger charge is -2.15. The van der Waals surface area contributed by atoms with Gasteiger partial charge in [0.05, 0.1) is 22.9 Å². The van der Waals surface area contributed by atoms with E-state index in [9.17, 15) is 0 Å². The van der Waals surface area contributed by atoms with Crippen molar-refractivity contribution in [2.75, 3.05) is 13.1 Å². The summed E-state index contributed by atoms with van der Waals surface area (Å²) in [4.78, 5) is 2.42. The number of hydrogen-bond donors (Lipinski definition) is 0. The first-order chi connectivity index (χ1) is 8.72. The molecule has 0 radical (unpaired) electrons. The molecular formula is C12H15BrN4O. The summed E-state index contributed by atoms with van der Waals surface area (Å²) in [5.74, 6) is 0.917. The fourth-order valence-electron chi connectivity index (χ4n) is 2.40. The average molecular weight is 311 g/mol. The second kappa shape index (κ2) is 4.85. The molecule has 2 aromatic rings. The summed E-state index contributed by atoms with van der Waals surface area (Å²) in [5, 5.41) is 8.18. The fourth-order valence-corrected chi connectivity index (χ4v) is 2.70. The lowest BCUT2D eigenvalue weighted by Crippen LogP contribution is -2.21. The summed E-state index contributed by atoms with van der Waals surface area (Å²) in [6, 6.07) is 0.469. The smallest absolute Gasteiger partial charge is 0.138 e. The molecule has 0 saturated carbocycles. The van der Waals surface area contributed by atoms with Crippen molar-refractivity contribution in [3.05, 3.63) is 34.4 Å². The van der Waals surface area contributed by atoms with Crippen LogP contribution in [-0.4, -0.2) is 32.9 Å². The van der Waals surface area contributed by atoms with Crippen LogP contribution in [0.3, 0.4) is 0 Å². The van der Waals surface area contributed by atoms with Gasteiger partial charge in [0, 0.05) is 31.4 Å². The third-order valence-electron chi connectivity index (χ3n) is 3.44. The molecule has 1 aliphatic heterocycles. The van der Waals surface area contributed by atoms with Gasteiger partial charge in [0.2, 0.25) is 0 Å². The Hall–Kier alpha value is -1.14. The van der Waals surface area contributed by atoms with Crippen molar-refractivity contribution >= 4 is 15.9 Å². The molecule has 5 nitrogen and oxygen atoms in total. The van der Waals surface area contributed by atoms with Gasteiger partial charge < -0.3 is 4.52 Å². The number of aromatic nitrogens is 3. The highest BCUT2D eigenvalue weighted by Crippen LogP contribution is 2.24. The van der Waals surface area contributed by atoms with Crippen LogP contribution >= 0.6 is 15.9 Å². The van der Waals surface area contributed by atoms with Crippen LogP contribution in [0.25, 0.3) is 0 Å². The van der Waals surface area contributed by atoms with Crippen molar-refractivity contribution in [3.8, 4) is 0 Å². The van der Waals surface area contributed by atoms with Crippen LogP contribution in [0.5, 0.6) is 0 Å². The van der Waals surface area contributed by atoms with Crippen molar-refractivity contribution in [2.45, 2.75) is 25.9 Å². The summed E-state index contributed by atoms with van der Waals surface area (Å²) in [7, 11) is 0. The van der Waals surface area contributed by atoms with E-state index in [2.05, 4.69) is 31.1 Å². The molecule has 0 bridgehead atoms. The van der Waals surface area contributed by atoms with E-state index >= 15 is 0 Å². The molecular weight excluding hydrogens is 296 g/mol. The third-order valence-corrected chi connectivity index (χ3v) is 3.85. The van der Waals surface area contributed by atoms with E-state index < -0.39 is 0 Å². The Morgan fingerprint density at radius 3 is 3.06 bits per heavy atom. The number of rotatable bonds is 3. The molecule has 1 unspecified atom stereocenters. The maximum atomic E-state index is 5.09. The highest BCUT2D eigenvalue weighted by molar-refractivity contribution is 9.10. The molecule has 1 atom stereocenters. The topological polar surface area (TPSA) is 47.1 Å². The Bertz CT molecular complexity index is 536. The van der Waals surface area contributed by atoms with Gasteiger partial charge in [0.25, 0.3) is 0 Å². The lowest BCUT2D eigenvalue weighted by molar-refractivity contribution is 0.308. The third kappa shape index (κ3) is 2.35. The Balaban J connectivity index is 1.63. The summed E-state index contributed by atoms with van der Waals surface area (Å²) in [5.41, 5.74) is 1.18. The van der Waals surface area contributed by atoms with Gasteiger partial charge in [-0.3, -0.25) is 9.58 Å². The summed E-state index contributed by atoms with van der Waals surface area (Å²) in [6.07, 6.45) is 6.83. The Morgan fingerprint density at radius 2 is 2.39 bits per heavy atom. The number of likely N-dealkylation sites (tertiary alicyclic amines) is 1. The highest BCUT2D eigenvalue weighted by atomic mass is 79.9. The van der Waals surface area contributed by atoms with Gasteiger partial charge in [-0.25, -0.2) is 0 Å². The van der Waals surface area contributed by atoms with Gasteiger partial charge in [-0.1, -0.05) is 5.16 Å². The molecule has 0 aliphatic carbocycles. The standard InChI is InChI=1S/C12H15BrN4O/c1-9-10(4-15-18-9)6-16-3-2-12(8-16)17-7-11(13)5-14-17/h4-5,7,12H,2-3,6,8H2,1H3. The van der Waals surface area contributed by atoms with E-state index in [1.54, 1.807) is 0 Å². The molecule has 0 amide bonds. The van der Waals surface area contributed by atoms with Crippen LogP contribution in [0.2, 0.25) is 0 Å². The molecule has 6 heteroatoms. The van der Waals surface area contributed by atoms with Crippen LogP contribution < -0.4 is 0 Å². The fraction of sp³-hybridized carbons (Fsp3) is 0.500. The van der Waals surface area contributed by atoms with E-state index in [1.165, 1.54) is 5.56 Å². The van der Waals surface area contributed by atoms with E-state index in [0.29, 0.717) is 6.04 Å². The molecule has 0 N–H and O–H groups in total. The molecule has 2 aromatic heterocycles. The van der Waals surface area contributed by atoms with Crippen molar-refractivity contribution in [3.63, 3.8) is 0 Å². The highest BCUT2D eigenvalue weighted by Gasteiger charge is 2.25. The number of nitrogens with zero attached hydrogens (tertiary/aromatic N) is 4. The Morgan fingerprint density at radius 1 is 1.50 bits per heavy atom. The number of aryl methyl sites for hydroxylation is 1. The van der Waals surface area contributed by atoms with E-state index in [4.69, 9.17) is 4.52 Å². The minimum absolute atomic E-state index is 0.469. The van der Waals surface area contributed by atoms with Gasteiger partial charge >= 0.3 is 0 Å². The molecule has 0 spiro atoms. The molecule has 18 heavy (non-hydrogen) atoms. The first-order valence-corrected chi connectivity index (χ1v) is 6.84. The number of halogens is 1. The van der Waals surface area contributed by atoms with Crippen LogP contribution in [0, 0.1) is 6.92 Å². The monoisotopic (exact) mass is 310 g/mol. The lowest BCUT2D eigenvalue weighted by atomic mass is 10.2. The van der Waals surface area contributed by atoms with Crippen LogP contribution in [-0.2, 0) is 6.54 Å². The SMILES string of the molecule is Cc1oncc1CN1CCC(n2cc(Br)cn2)C1. The first kappa shape index (κ1) is 11.9. The molecule has 96 valence electrons. The molecule has 3 heterocycles. The van der Waals surface area contributed by atoms with Crippen molar-refractivity contribution in [1.29, 1.82) is 0 Å².